The summed E-state index contributed by atoms with van der Waals surface area (Å²) in [7, 11) is 0. The van der Waals surface area contributed by atoms with E-state index in [0.29, 0.717) is 29.9 Å². The van der Waals surface area contributed by atoms with E-state index in [4.69, 9.17) is 0 Å². The molecule has 0 radical (unpaired) electrons. The molecule has 5 nitrogen and oxygen atoms in total. The van der Waals surface area contributed by atoms with Gasteiger partial charge in [-0.1, -0.05) is 43.3 Å². The molecule has 0 spiro atoms. The van der Waals surface area contributed by atoms with E-state index >= 15 is 0 Å². The number of carbonyl (C=O) groups is 2. The van der Waals surface area contributed by atoms with Crippen molar-refractivity contribution in [3.8, 4) is 11.3 Å². The number of pyridine rings is 1. The number of nitrogens with zero attached hydrogens (tertiary/aromatic N) is 1. The Kier molecular flexibility index (Phi) is 6.17. The van der Waals surface area contributed by atoms with Gasteiger partial charge in [-0.15, -0.1) is 0 Å². The molecule has 1 heterocycles. The third-order valence-corrected chi connectivity index (χ3v) is 4.52. The number of aryl methyl sites for hydroxylation is 1. The number of anilines is 1. The third-order valence-electron chi connectivity index (χ3n) is 4.52. The average Bonchev–Trinajstić information content (AvgIpc) is 2.73. The van der Waals surface area contributed by atoms with Crippen molar-refractivity contribution in [3.05, 3.63) is 83.6 Å². The maximum absolute atomic E-state index is 12.4. The summed E-state index contributed by atoms with van der Waals surface area (Å²) in [5, 5.41) is 5.81. The van der Waals surface area contributed by atoms with Gasteiger partial charge in [-0.3, -0.25) is 14.6 Å². The zero-order valence-electron chi connectivity index (χ0n) is 16.0. The first-order valence-corrected chi connectivity index (χ1v) is 9.26. The summed E-state index contributed by atoms with van der Waals surface area (Å²) >= 11 is 0. The molecule has 0 aliphatic carbocycles. The lowest BCUT2D eigenvalue weighted by Crippen LogP contribution is -2.23. The molecular weight excluding hydrogens is 350 g/mol. The lowest BCUT2D eigenvalue weighted by Gasteiger charge is -2.11. The molecule has 0 aliphatic heterocycles. The predicted octanol–water partition coefficient (Wildman–Crippen LogP) is 4.34. The molecule has 3 rings (SSSR count). The van der Waals surface area contributed by atoms with Gasteiger partial charge in [0.1, 0.15) is 0 Å². The minimum absolute atomic E-state index is 0.0681. The van der Waals surface area contributed by atoms with Crippen LogP contribution in [0.4, 0.5) is 5.69 Å². The zero-order valence-corrected chi connectivity index (χ0v) is 16.0. The Hall–Kier alpha value is -3.47. The molecule has 28 heavy (non-hydrogen) atoms. The monoisotopic (exact) mass is 373 g/mol. The van der Waals surface area contributed by atoms with E-state index in [0.717, 1.165) is 16.7 Å². The van der Waals surface area contributed by atoms with Crippen LogP contribution in [0.3, 0.4) is 0 Å². The maximum atomic E-state index is 12.4. The van der Waals surface area contributed by atoms with Gasteiger partial charge in [0, 0.05) is 30.3 Å². The van der Waals surface area contributed by atoms with Gasteiger partial charge in [0.2, 0.25) is 5.91 Å². The Morgan fingerprint density at radius 3 is 2.43 bits per heavy atom. The highest BCUT2D eigenvalue weighted by Gasteiger charge is 2.11. The van der Waals surface area contributed by atoms with Crippen molar-refractivity contribution in [1.82, 2.24) is 10.3 Å². The van der Waals surface area contributed by atoms with Gasteiger partial charge in [-0.05, 0) is 42.3 Å². The van der Waals surface area contributed by atoms with Crippen LogP contribution in [0.15, 0.2) is 66.9 Å². The van der Waals surface area contributed by atoms with Crippen LogP contribution < -0.4 is 10.6 Å². The molecule has 0 unspecified atom stereocenters. The largest absolute Gasteiger partial charge is 0.348 e. The van der Waals surface area contributed by atoms with Gasteiger partial charge >= 0.3 is 0 Å². The zero-order chi connectivity index (χ0) is 19.9. The second-order valence-corrected chi connectivity index (χ2v) is 6.49. The van der Waals surface area contributed by atoms with Gasteiger partial charge in [0.25, 0.3) is 5.91 Å². The summed E-state index contributed by atoms with van der Waals surface area (Å²) in [4.78, 5) is 28.6. The molecule has 2 aromatic carbocycles. The van der Waals surface area contributed by atoms with Crippen LogP contribution in [0.1, 0.15) is 34.8 Å². The molecule has 3 aromatic rings. The molecule has 0 aliphatic rings. The van der Waals surface area contributed by atoms with Crippen molar-refractivity contribution in [2.24, 2.45) is 0 Å². The maximum Gasteiger partial charge on any atom is 0.251 e. The number of benzene rings is 2. The normalized spacial score (nSPS) is 10.4. The predicted molar refractivity (Wildman–Crippen MR) is 111 cm³/mol. The van der Waals surface area contributed by atoms with Gasteiger partial charge in [-0.25, -0.2) is 0 Å². The lowest BCUT2D eigenvalue weighted by atomic mass is 10.1. The summed E-state index contributed by atoms with van der Waals surface area (Å²) in [6.45, 7) is 4.31. The van der Waals surface area contributed by atoms with E-state index in [1.807, 2.05) is 49.4 Å². The first-order chi connectivity index (χ1) is 13.6. The SMILES string of the molecule is CCC(=O)Nc1cccnc1-c1ccc(C(=O)NCc2ccccc2C)cc1. The second-order valence-electron chi connectivity index (χ2n) is 6.49. The summed E-state index contributed by atoms with van der Waals surface area (Å²) in [5.41, 5.74) is 4.99. The molecule has 2 N–H and O–H groups in total. The van der Waals surface area contributed by atoms with Crippen molar-refractivity contribution in [1.29, 1.82) is 0 Å². The number of hydrogen-bond acceptors (Lipinski definition) is 3. The summed E-state index contributed by atoms with van der Waals surface area (Å²) in [6.07, 6.45) is 2.08. The van der Waals surface area contributed by atoms with Gasteiger partial charge in [0.05, 0.1) is 11.4 Å². The third kappa shape index (κ3) is 4.62. The fourth-order valence-electron chi connectivity index (χ4n) is 2.84. The Morgan fingerprint density at radius 1 is 0.964 bits per heavy atom. The molecular formula is C23H23N3O2. The molecule has 0 bridgehead atoms. The molecule has 2 amide bonds. The van der Waals surface area contributed by atoms with Crippen molar-refractivity contribution in [3.63, 3.8) is 0 Å². The quantitative estimate of drug-likeness (QED) is 0.675. The van der Waals surface area contributed by atoms with E-state index in [2.05, 4.69) is 15.6 Å². The number of carbonyl (C=O) groups excluding carboxylic acids is 2. The fraction of sp³-hybridized carbons (Fsp3) is 0.174. The first-order valence-electron chi connectivity index (χ1n) is 9.26. The van der Waals surface area contributed by atoms with Crippen molar-refractivity contribution >= 4 is 17.5 Å². The van der Waals surface area contributed by atoms with Crippen LogP contribution in [-0.2, 0) is 11.3 Å². The molecule has 0 saturated carbocycles. The number of hydrogen-bond donors (Lipinski definition) is 2. The topological polar surface area (TPSA) is 71.1 Å². The number of nitrogens with one attached hydrogen (secondary N) is 2. The smallest absolute Gasteiger partial charge is 0.251 e. The van der Waals surface area contributed by atoms with Crippen molar-refractivity contribution in [2.45, 2.75) is 26.8 Å². The van der Waals surface area contributed by atoms with Gasteiger partial charge < -0.3 is 10.6 Å². The molecule has 5 heteroatoms. The van der Waals surface area contributed by atoms with Gasteiger partial charge in [0.15, 0.2) is 0 Å². The minimum Gasteiger partial charge on any atom is -0.348 e. The molecule has 0 saturated heterocycles. The van der Waals surface area contributed by atoms with Crippen LogP contribution in [0.2, 0.25) is 0 Å². The molecule has 0 fully saturated rings. The summed E-state index contributed by atoms with van der Waals surface area (Å²) in [6, 6.07) is 18.8. The van der Waals surface area contributed by atoms with Crippen LogP contribution in [0, 0.1) is 6.92 Å². The minimum atomic E-state index is -0.129. The van der Waals surface area contributed by atoms with E-state index in [-0.39, 0.29) is 11.8 Å². The number of amides is 2. The second kappa shape index (κ2) is 8.95. The van der Waals surface area contributed by atoms with E-state index < -0.39 is 0 Å². The van der Waals surface area contributed by atoms with Crippen molar-refractivity contribution < 1.29 is 9.59 Å². The summed E-state index contributed by atoms with van der Waals surface area (Å²) in [5.74, 6) is -0.197. The Bertz CT molecular complexity index is 981. The first kappa shape index (κ1) is 19.3. The van der Waals surface area contributed by atoms with Crippen LogP contribution >= 0.6 is 0 Å². The fourth-order valence-corrected chi connectivity index (χ4v) is 2.84. The Morgan fingerprint density at radius 2 is 1.71 bits per heavy atom. The lowest BCUT2D eigenvalue weighted by molar-refractivity contribution is -0.115. The highest BCUT2D eigenvalue weighted by Crippen LogP contribution is 2.25. The highest BCUT2D eigenvalue weighted by molar-refractivity contribution is 5.96. The standard InChI is InChI=1S/C23H23N3O2/c1-3-21(27)26-20-9-6-14-24-22(20)17-10-12-18(13-11-17)23(28)25-15-19-8-5-4-7-16(19)2/h4-14H,3,15H2,1-2H3,(H,25,28)(H,26,27). The highest BCUT2D eigenvalue weighted by atomic mass is 16.2. The Balaban J connectivity index is 1.72. The summed E-state index contributed by atoms with van der Waals surface area (Å²) < 4.78 is 0. The van der Waals surface area contributed by atoms with Crippen LogP contribution in [0.5, 0.6) is 0 Å². The number of aromatic nitrogens is 1. The van der Waals surface area contributed by atoms with E-state index in [9.17, 15) is 9.59 Å². The van der Waals surface area contributed by atoms with Crippen molar-refractivity contribution in [2.75, 3.05) is 5.32 Å². The van der Waals surface area contributed by atoms with Crippen LogP contribution in [-0.4, -0.2) is 16.8 Å². The van der Waals surface area contributed by atoms with E-state index in [1.165, 1.54) is 0 Å². The molecule has 1 aromatic heterocycles. The average molecular weight is 373 g/mol. The molecule has 142 valence electrons. The van der Waals surface area contributed by atoms with E-state index in [1.54, 1.807) is 31.3 Å². The van der Waals surface area contributed by atoms with Gasteiger partial charge in [-0.2, -0.15) is 0 Å². The molecule has 0 atom stereocenters. The van der Waals surface area contributed by atoms with Crippen LogP contribution in [0.25, 0.3) is 11.3 Å². The Labute approximate surface area is 164 Å². The number of rotatable bonds is 6.